The molecule has 10 heteroatoms. The second-order valence-corrected chi connectivity index (χ2v) is 8.80. The Morgan fingerprint density at radius 3 is 2.34 bits per heavy atom. The van der Waals surface area contributed by atoms with E-state index in [4.69, 9.17) is 0 Å². The molecule has 2 N–H and O–H groups in total. The SMILES string of the molecule is CN(C)CC1(CNC(=NCc2cccc(C(F)(F)F)c2)NCC(=O)N(C)C)CCCC1.I. The number of rotatable bonds is 8. The molecular formula is C22H35F3IN5O. The summed E-state index contributed by atoms with van der Waals surface area (Å²) in [6.45, 7) is 1.77. The number of likely N-dealkylation sites (N-methyl/N-ethyl adjacent to an activating group) is 1. The van der Waals surface area contributed by atoms with Crippen LogP contribution >= 0.6 is 24.0 Å². The first kappa shape index (κ1) is 28.5. The predicted molar refractivity (Wildman–Crippen MR) is 132 cm³/mol. The van der Waals surface area contributed by atoms with Gasteiger partial charge >= 0.3 is 6.18 Å². The molecule has 1 aliphatic carbocycles. The van der Waals surface area contributed by atoms with Crippen molar-refractivity contribution in [2.24, 2.45) is 10.4 Å². The minimum absolute atomic E-state index is 0. The molecule has 0 spiro atoms. The third-order valence-corrected chi connectivity index (χ3v) is 5.53. The van der Waals surface area contributed by atoms with Gasteiger partial charge < -0.3 is 20.4 Å². The van der Waals surface area contributed by atoms with Gasteiger partial charge in [0.15, 0.2) is 5.96 Å². The number of halogens is 4. The van der Waals surface area contributed by atoms with E-state index in [1.54, 1.807) is 20.2 Å². The van der Waals surface area contributed by atoms with Crippen LogP contribution in [0.4, 0.5) is 13.2 Å². The fourth-order valence-electron chi connectivity index (χ4n) is 3.97. The first-order valence-electron chi connectivity index (χ1n) is 10.5. The molecule has 0 aromatic heterocycles. The number of hydrogen-bond donors (Lipinski definition) is 2. The van der Waals surface area contributed by atoms with Crippen molar-refractivity contribution in [2.45, 2.75) is 38.4 Å². The van der Waals surface area contributed by atoms with E-state index >= 15 is 0 Å². The van der Waals surface area contributed by atoms with Crippen LogP contribution in [0, 0.1) is 5.41 Å². The maximum absolute atomic E-state index is 13.0. The van der Waals surface area contributed by atoms with E-state index in [-0.39, 0.29) is 48.4 Å². The first-order chi connectivity index (χ1) is 14.5. The van der Waals surface area contributed by atoms with Crippen LogP contribution in [0.15, 0.2) is 29.3 Å². The molecule has 6 nitrogen and oxygen atoms in total. The molecule has 1 aromatic carbocycles. The standard InChI is InChI=1S/C22H34F3N5O.HI/c1-29(2)16-21(10-5-6-11-21)15-28-20(27-14-19(31)30(3)4)26-13-17-8-7-9-18(12-17)22(23,24)25;/h7-9,12H,5-6,10-11,13-16H2,1-4H3,(H2,26,27,28);1H. The summed E-state index contributed by atoms with van der Waals surface area (Å²) < 4.78 is 39.0. The van der Waals surface area contributed by atoms with Gasteiger partial charge in [-0.15, -0.1) is 24.0 Å². The number of nitrogens with one attached hydrogen (secondary N) is 2. The summed E-state index contributed by atoms with van der Waals surface area (Å²) in [4.78, 5) is 20.1. The number of carbonyl (C=O) groups excluding carboxylic acids is 1. The zero-order valence-corrected chi connectivity index (χ0v) is 21.6. The monoisotopic (exact) mass is 569 g/mol. The molecule has 2 rings (SSSR count). The van der Waals surface area contributed by atoms with E-state index in [1.807, 2.05) is 0 Å². The van der Waals surface area contributed by atoms with Gasteiger partial charge in [-0.3, -0.25) is 4.79 Å². The molecule has 0 bridgehead atoms. The van der Waals surface area contributed by atoms with E-state index in [0.717, 1.165) is 31.5 Å². The van der Waals surface area contributed by atoms with E-state index in [1.165, 1.54) is 23.8 Å². The topological polar surface area (TPSA) is 60.0 Å². The molecular weight excluding hydrogens is 534 g/mol. The van der Waals surface area contributed by atoms with Crippen LogP contribution in [-0.2, 0) is 17.5 Å². The average Bonchev–Trinajstić information content (AvgIpc) is 3.14. The van der Waals surface area contributed by atoms with Crippen molar-refractivity contribution in [3.63, 3.8) is 0 Å². The van der Waals surface area contributed by atoms with Crippen LogP contribution in [0.1, 0.15) is 36.8 Å². The summed E-state index contributed by atoms with van der Waals surface area (Å²) in [6, 6.07) is 5.16. The van der Waals surface area contributed by atoms with Gasteiger partial charge in [0, 0.05) is 32.6 Å². The maximum atomic E-state index is 13.0. The van der Waals surface area contributed by atoms with Gasteiger partial charge in [0.05, 0.1) is 18.7 Å². The predicted octanol–water partition coefficient (Wildman–Crippen LogP) is 3.57. The van der Waals surface area contributed by atoms with E-state index < -0.39 is 11.7 Å². The quantitative estimate of drug-likeness (QED) is 0.286. The number of aliphatic imine (C=N–C) groups is 1. The summed E-state index contributed by atoms with van der Waals surface area (Å²) in [7, 11) is 7.44. The molecule has 32 heavy (non-hydrogen) atoms. The second-order valence-electron chi connectivity index (χ2n) is 8.80. The largest absolute Gasteiger partial charge is 0.416 e. The lowest BCUT2D eigenvalue weighted by Crippen LogP contribution is -2.48. The highest BCUT2D eigenvalue weighted by Gasteiger charge is 2.34. The summed E-state index contributed by atoms with van der Waals surface area (Å²) in [6.07, 6.45) is 0.182. The van der Waals surface area contributed by atoms with Crippen LogP contribution in [0.3, 0.4) is 0 Å². The van der Waals surface area contributed by atoms with Crippen molar-refractivity contribution in [1.29, 1.82) is 0 Å². The molecule has 1 aliphatic rings. The Labute approximate surface area is 206 Å². The molecule has 0 heterocycles. The fraction of sp³-hybridized carbons (Fsp3) is 0.636. The van der Waals surface area contributed by atoms with E-state index in [2.05, 4.69) is 34.6 Å². The number of hydrogen-bond acceptors (Lipinski definition) is 3. The molecule has 182 valence electrons. The Kier molecular flexibility index (Phi) is 11.2. The summed E-state index contributed by atoms with van der Waals surface area (Å²) in [5, 5.41) is 6.36. The zero-order chi connectivity index (χ0) is 23.1. The number of carbonyl (C=O) groups is 1. The third-order valence-electron chi connectivity index (χ3n) is 5.53. The molecule has 0 atom stereocenters. The molecule has 0 aliphatic heterocycles. The molecule has 0 saturated heterocycles. The maximum Gasteiger partial charge on any atom is 0.416 e. The number of amides is 1. The fourth-order valence-corrected chi connectivity index (χ4v) is 3.97. The Morgan fingerprint density at radius 2 is 1.78 bits per heavy atom. The van der Waals surface area contributed by atoms with Crippen LogP contribution < -0.4 is 10.6 Å². The van der Waals surface area contributed by atoms with Gasteiger partial charge in [0.2, 0.25) is 5.91 Å². The highest BCUT2D eigenvalue weighted by Crippen LogP contribution is 2.38. The summed E-state index contributed by atoms with van der Waals surface area (Å²) in [5.41, 5.74) is -0.117. The van der Waals surface area contributed by atoms with Crippen LogP contribution in [0.2, 0.25) is 0 Å². The minimum atomic E-state index is -4.39. The van der Waals surface area contributed by atoms with Crippen molar-refractivity contribution >= 4 is 35.8 Å². The van der Waals surface area contributed by atoms with Gasteiger partial charge in [-0.2, -0.15) is 13.2 Å². The Morgan fingerprint density at radius 1 is 1.12 bits per heavy atom. The Hall–Kier alpha value is -1.56. The van der Waals surface area contributed by atoms with Gasteiger partial charge in [0.1, 0.15) is 0 Å². The van der Waals surface area contributed by atoms with Gasteiger partial charge in [-0.25, -0.2) is 4.99 Å². The third kappa shape index (κ3) is 9.13. The van der Waals surface area contributed by atoms with E-state index in [0.29, 0.717) is 18.1 Å². The second kappa shape index (κ2) is 12.6. The molecule has 0 radical (unpaired) electrons. The summed E-state index contributed by atoms with van der Waals surface area (Å²) in [5.74, 6) is 0.315. The Balaban J connectivity index is 0.00000512. The zero-order valence-electron chi connectivity index (χ0n) is 19.3. The van der Waals surface area contributed by atoms with Crippen molar-refractivity contribution in [2.75, 3.05) is 47.8 Å². The lowest BCUT2D eigenvalue weighted by Gasteiger charge is -2.33. The van der Waals surface area contributed by atoms with Crippen LogP contribution in [-0.4, -0.2) is 69.5 Å². The molecule has 1 amide bonds. The van der Waals surface area contributed by atoms with E-state index in [9.17, 15) is 18.0 Å². The van der Waals surface area contributed by atoms with Gasteiger partial charge in [-0.05, 0) is 44.6 Å². The number of nitrogens with zero attached hydrogens (tertiary/aromatic N) is 3. The van der Waals surface area contributed by atoms with Crippen LogP contribution in [0.5, 0.6) is 0 Å². The smallest absolute Gasteiger partial charge is 0.356 e. The van der Waals surface area contributed by atoms with Crippen LogP contribution in [0.25, 0.3) is 0 Å². The normalized spacial score (nSPS) is 15.9. The molecule has 1 fully saturated rings. The molecule has 1 saturated carbocycles. The first-order valence-corrected chi connectivity index (χ1v) is 10.5. The van der Waals surface area contributed by atoms with Gasteiger partial charge in [0.25, 0.3) is 0 Å². The number of alkyl halides is 3. The van der Waals surface area contributed by atoms with Crippen molar-refractivity contribution < 1.29 is 18.0 Å². The summed E-state index contributed by atoms with van der Waals surface area (Å²) >= 11 is 0. The lowest BCUT2D eigenvalue weighted by molar-refractivity contribution is -0.137. The minimum Gasteiger partial charge on any atom is -0.356 e. The highest BCUT2D eigenvalue weighted by molar-refractivity contribution is 14.0. The van der Waals surface area contributed by atoms with Crippen molar-refractivity contribution in [3.8, 4) is 0 Å². The highest BCUT2D eigenvalue weighted by atomic mass is 127. The van der Waals surface area contributed by atoms with Crippen molar-refractivity contribution in [1.82, 2.24) is 20.4 Å². The van der Waals surface area contributed by atoms with Gasteiger partial charge in [-0.1, -0.05) is 25.0 Å². The molecule has 1 aromatic rings. The van der Waals surface area contributed by atoms with Crippen molar-refractivity contribution in [3.05, 3.63) is 35.4 Å². The lowest BCUT2D eigenvalue weighted by atomic mass is 9.85. The number of benzene rings is 1. The Bertz CT molecular complexity index is 762. The average molecular weight is 569 g/mol. The number of guanidine groups is 1. The molecule has 0 unspecified atom stereocenters.